The molecule has 3 aromatic rings. The van der Waals surface area contributed by atoms with E-state index < -0.39 is 0 Å². The summed E-state index contributed by atoms with van der Waals surface area (Å²) < 4.78 is 0. The average molecular weight is 361 g/mol. The number of rotatable bonds is 6. The molecule has 3 atom stereocenters. The van der Waals surface area contributed by atoms with Crippen LogP contribution in [0.25, 0.3) is 10.9 Å². The number of para-hydroxylation sites is 1. The Labute approximate surface area is 160 Å². The van der Waals surface area contributed by atoms with E-state index in [1.165, 1.54) is 16.5 Å². The molecule has 4 N–H and O–H groups in total. The number of fused-ring (bicyclic) bond motifs is 1. The lowest BCUT2D eigenvalue weighted by Gasteiger charge is -2.22. The standard InChI is InChI=1S/C23H27N3O/c24-13-17-9-6-11-18(17)23(27)26-14-20(16-7-2-1-3-8-16)21-15-25-22-12-5-4-10-19(21)22/h1-5,7-8,10,12,15,17-18,20,25H,6,9,11,13-14,24H2,(H,26,27)/t17-,18-,20?/m1/s1. The van der Waals surface area contributed by atoms with Gasteiger partial charge in [0.1, 0.15) is 0 Å². The van der Waals surface area contributed by atoms with Crippen molar-refractivity contribution < 1.29 is 4.79 Å². The first-order valence-corrected chi connectivity index (χ1v) is 9.86. The van der Waals surface area contributed by atoms with Gasteiger partial charge in [0.25, 0.3) is 0 Å². The van der Waals surface area contributed by atoms with Crippen LogP contribution in [0.5, 0.6) is 0 Å². The van der Waals surface area contributed by atoms with Crippen LogP contribution >= 0.6 is 0 Å². The number of amides is 1. The van der Waals surface area contributed by atoms with Crippen LogP contribution in [0.4, 0.5) is 0 Å². The highest BCUT2D eigenvalue weighted by Gasteiger charge is 2.32. The monoisotopic (exact) mass is 361 g/mol. The van der Waals surface area contributed by atoms with E-state index in [1.54, 1.807) is 0 Å². The normalized spacial score (nSPS) is 20.6. The maximum absolute atomic E-state index is 12.8. The maximum atomic E-state index is 12.8. The Morgan fingerprint density at radius 1 is 1.11 bits per heavy atom. The number of carbonyl (C=O) groups is 1. The second-order valence-electron chi connectivity index (χ2n) is 7.53. The molecule has 4 rings (SSSR count). The van der Waals surface area contributed by atoms with Crippen LogP contribution in [0, 0.1) is 11.8 Å². The fourth-order valence-electron chi connectivity index (χ4n) is 4.47. The second kappa shape index (κ2) is 7.97. The van der Waals surface area contributed by atoms with Gasteiger partial charge in [0, 0.05) is 35.5 Å². The third-order valence-corrected chi connectivity index (χ3v) is 5.98. The molecule has 1 amide bonds. The molecule has 2 aromatic carbocycles. The van der Waals surface area contributed by atoms with Gasteiger partial charge in [-0.05, 0) is 42.5 Å². The van der Waals surface area contributed by atoms with Gasteiger partial charge in [-0.25, -0.2) is 0 Å². The molecule has 0 aliphatic heterocycles. The molecule has 1 saturated carbocycles. The second-order valence-corrected chi connectivity index (χ2v) is 7.53. The molecule has 27 heavy (non-hydrogen) atoms. The summed E-state index contributed by atoms with van der Waals surface area (Å²) in [6.45, 7) is 1.20. The Bertz CT molecular complexity index is 902. The van der Waals surface area contributed by atoms with Gasteiger partial charge in [0.15, 0.2) is 0 Å². The van der Waals surface area contributed by atoms with Crippen LogP contribution in [-0.2, 0) is 4.79 Å². The van der Waals surface area contributed by atoms with Crippen molar-refractivity contribution >= 4 is 16.8 Å². The lowest BCUT2D eigenvalue weighted by atomic mass is 9.90. The zero-order valence-corrected chi connectivity index (χ0v) is 15.5. The van der Waals surface area contributed by atoms with E-state index >= 15 is 0 Å². The van der Waals surface area contributed by atoms with Gasteiger partial charge < -0.3 is 16.0 Å². The summed E-state index contributed by atoms with van der Waals surface area (Å²) in [6.07, 6.45) is 5.20. The van der Waals surface area contributed by atoms with E-state index in [0.29, 0.717) is 19.0 Å². The van der Waals surface area contributed by atoms with Gasteiger partial charge in [0.05, 0.1) is 0 Å². The van der Waals surface area contributed by atoms with Crippen molar-refractivity contribution in [2.24, 2.45) is 17.6 Å². The minimum absolute atomic E-state index is 0.0643. The quantitative estimate of drug-likeness (QED) is 0.625. The average Bonchev–Trinajstić information content (AvgIpc) is 3.36. The molecule has 1 aromatic heterocycles. The molecule has 1 aliphatic rings. The highest BCUT2D eigenvalue weighted by molar-refractivity contribution is 5.84. The summed E-state index contributed by atoms with van der Waals surface area (Å²) in [4.78, 5) is 16.2. The predicted molar refractivity (Wildman–Crippen MR) is 109 cm³/mol. The Morgan fingerprint density at radius 3 is 2.70 bits per heavy atom. The summed E-state index contributed by atoms with van der Waals surface area (Å²) in [5.74, 6) is 0.662. The van der Waals surface area contributed by atoms with E-state index in [1.807, 2.05) is 12.1 Å². The van der Waals surface area contributed by atoms with Crippen LogP contribution in [0.2, 0.25) is 0 Å². The van der Waals surface area contributed by atoms with Crippen molar-refractivity contribution in [3.63, 3.8) is 0 Å². The van der Waals surface area contributed by atoms with E-state index in [4.69, 9.17) is 5.73 Å². The molecular weight excluding hydrogens is 334 g/mol. The van der Waals surface area contributed by atoms with Crippen molar-refractivity contribution in [1.82, 2.24) is 10.3 Å². The number of aromatic amines is 1. The molecule has 0 radical (unpaired) electrons. The highest BCUT2D eigenvalue weighted by Crippen LogP contribution is 2.33. The Hall–Kier alpha value is -2.59. The number of nitrogens with two attached hydrogens (primary N) is 1. The first kappa shape index (κ1) is 17.8. The van der Waals surface area contributed by atoms with Gasteiger partial charge in [0.2, 0.25) is 5.91 Å². The summed E-state index contributed by atoms with van der Waals surface area (Å²) in [5.41, 5.74) is 9.42. The van der Waals surface area contributed by atoms with Gasteiger partial charge >= 0.3 is 0 Å². The van der Waals surface area contributed by atoms with E-state index in [9.17, 15) is 4.79 Å². The lowest BCUT2D eigenvalue weighted by Crippen LogP contribution is -2.37. The van der Waals surface area contributed by atoms with Gasteiger partial charge in [-0.3, -0.25) is 4.79 Å². The molecule has 0 saturated heterocycles. The summed E-state index contributed by atoms with van der Waals surface area (Å²) in [7, 11) is 0. The van der Waals surface area contributed by atoms with Crippen LogP contribution in [-0.4, -0.2) is 24.0 Å². The lowest BCUT2D eigenvalue weighted by molar-refractivity contribution is -0.125. The molecule has 140 valence electrons. The number of benzene rings is 2. The first-order valence-electron chi connectivity index (χ1n) is 9.86. The minimum Gasteiger partial charge on any atom is -0.361 e. The summed E-state index contributed by atoms with van der Waals surface area (Å²) in [6, 6.07) is 18.7. The Morgan fingerprint density at radius 2 is 1.89 bits per heavy atom. The molecule has 0 spiro atoms. The zero-order valence-electron chi connectivity index (χ0n) is 15.5. The molecule has 4 heteroatoms. The van der Waals surface area contributed by atoms with Gasteiger partial charge in [-0.1, -0.05) is 55.0 Å². The highest BCUT2D eigenvalue weighted by atomic mass is 16.1. The Kier molecular flexibility index (Phi) is 5.26. The summed E-state index contributed by atoms with van der Waals surface area (Å²) >= 11 is 0. The number of H-pyrrole nitrogens is 1. The number of hydrogen-bond acceptors (Lipinski definition) is 2. The zero-order chi connectivity index (χ0) is 18.6. The number of hydrogen-bond donors (Lipinski definition) is 3. The van der Waals surface area contributed by atoms with E-state index in [0.717, 1.165) is 24.8 Å². The minimum atomic E-state index is 0.0643. The SMILES string of the molecule is NC[C@H]1CCC[C@H]1C(=O)NCC(c1ccccc1)c1c[nH]c2ccccc12. The van der Waals surface area contributed by atoms with Crippen LogP contribution in [0.1, 0.15) is 36.3 Å². The van der Waals surface area contributed by atoms with Crippen molar-refractivity contribution in [3.05, 3.63) is 71.9 Å². The first-order chi connectivity index (χ1) is 13.3. The third kappa shape index (κ3) is 3.62. The Balaban J connectivity index is 1.59. The summed E-state index contributed by atoms with van der Waals surface area (Å²) in [5, 5.41) is 4.44. The number of nitrogens with one attached hydrogen (secondary N) is 2. The molecule has 1 heterocycles. The van der Waals surface area contributed by atoms with E-state index in [-0.39, 0.29) is 17.7 Å². The number of carbonyl (C=O) groups excluding carboxylic acids is 1. The molecule has 1 aliphatic carbocycles. The molecular formula is C23H27N3O. The van der Waals surface area contributed by atoms with Crippen molar-refractivity contribution in [1.29, 1.82) is 0 Å². The van der Waals surface area contributed by atoms with Crippen LogP contribution in [0.3, 0.4) is 0 Å². The number of aromatic nitrogens is 1. The van der Waals surface area contributed by atoms with Crippen LogP contribution < -0.4 is 11.1 Å². The van der Waals surface area contributed by atoms with Crippen molar-refractivity contribution in [3.8, 4) is 0 Å². The third-order valence-electron chi connectivity index (χ3n) is 5.98. The molecule has 1 unspecified atom stereocenters. The van der Waals surface area contributed by atoms with Crippen molar-refractivity contribution in [2.45, 2.75) is 25.2 Å². The fraction of sp³-hybridized carbons (Fsp3) is 0.348. The fourth-order valence-corrected chi connectivity index (χ4v) is 4.47. The smallest absolute Gasteiger partial charge is 0.223 e. The predicted octanol–water partition coefficient (Wildman–Crippen LogP) is 3.79. The molecule has 1 fully saturated rings. The largest absolute Gasteiger partial charge is 0.361 e. The topological polar surface area (TPSA) is 70.9 Å². The molecule has 4 nitrogen and oxygen atoms in total. The van der Waals surface area contributed by atoms with Crippen LogP contribution in [0.15, 0.2) is 60.8 Å². The maximum Gasteiger partial charge on any atom is 0.223 e. The van der Waals surface area contributed by atoms with Gasteiger partial charge in [-0.2, -0.15) is 0 Å². The van der Waals surface area contributed by atoms with Crippen molar-refractivity contribution in [2.75, 3.05) is 13.1 Å². The molecule has 0 bridgehead atoms. The van der Waals surface area contributed by atoms with E-state index in [2.05, 4.69) is 59.0 Å². The van der Waals surface area contributed by atoms with Gasteiger partial charge in [-0.15, -0.1) is 0 Å².